The number of hydrogen-bond acceptors (Lipinski definition) is 4. The van der Waals surface area contributed by atoms with Gasteiger partial charge in [0, 0.05) is 19.0 Å². The minimum absolute atomic E-state index is 0.00271. The molecule has 0 spiro atoms. The summed E-state index contributed by atoms with van der Waals surface area (Å²) in [5, 5.41) is 0. The summed E-state index contributed by atoms with van der Waals surface area (Å²) in [5.41, 5.74) is 5.66. The van der Waals surface area contributed by atoms with Gasteiger partial charge in [0.05, 0.1) is 7.11 Å². The zero-order valence-electron chi connectivity index (χ0n) is 12.6. The number of nitrogens with two attached hydrogens (primary N) is 1. The van der Waals surface area contributed by atoms with E-state index in [1.807, 2.05) is 6.92 Å². The van der Waals surface area contributed by atoms with Gasteiger partial charge in [0.15, 0.2) is 0 Å². The molecule has 1 atom stereocenters. The van der Waals surface area contributed by atoms with E-state index in [9.17, 15) is 9.59 Å². The lowest BCUT2D eigenvalue weighted by Gasteiger charge is -2.26. The second-order valence-corrected chi connectivity index (χ2v) is 5.05. The molecule has 0 bridgehead atoms. The highest BCUT2D eigenvalue weighted by Crippen LogP contribution is 2.12. The number of rotatable bonds is 9. The van der Waals surface area contributed by atoms with Crippen molar-refractivity contribution in [1.29, 1.82) is 0 Å². The summed E-state index contributed by atoms with van der Waals surface area (Å²) in [7, 11) is 1.34. The fourth-order valence-corrected chi connectivity index (χ4v) is 1.84. The zero-order valence-corrected chi connectivity index (χ0v) is 12.6. The van der Waals surface area contributed by atoms with Crippen molar-refractivity contribution >= 4 is 11.9 Å². The number of hydrogen-bond donors (Lipinski definition) is 1. The van der Waals surface area contributed by atoms with Crippen LogP contribution in [-0.4, -0.2) is 43.0 Å². The van der Waals surface area contributed by atoms with E-state index >= 15 is 0 Å². The van der Waals surface area contributed by atoms with E-state index in [0.29, 0.717) is 25.3 Å². The zero-order chi connectivity index (χ0) is 14.8. The van der Waals surface area contributed by atoms with Crippen molar-refractivity contribution < 1.29 is 14.3 Å². The van der Waals surface area contributed by atoms with Crippen molar-refractivity contribution in [3.63, 3.8) is 0 Å². The first-order valence-corrected chi connectivity index (χ1v) is 7.04. The molecule has 0 aromatic heterocycles. The molecule has 0 saturated carbocycles. The molecular formula is C14H28N2O3. The summed E-state index contributed by atoms with van der Waals surface area (Å²) >= 11 is 0. The van der Waals surface area contributed by atoms with E-state index in [1.165, 1.54) is 7.11 Å². The highest BCUT2D eigenvalue weighted by molar-refractivity contribution is 5.82. The predicted molar refractivity (Wildman–Crippen MR) is 75.6 cm³/mol. The standard InChI is InChI=1S/C14H28N2O3/c1-5-12(6-2)9-16(10-14(18)19-4)13(17)8-7-11(3)15/h11-12H,5-10,15H2,1-4H3. The van der Waals surface area contributed by atoms with Gasteiger partial charge in [-0.3, -0.25) is 9.59 Å². The molecule has 0 aromatic rings. The molecule has 5 heteroatoms. The SMILES string of the molecule is CCC(CC)CN(CC(=O)OC)C(=O)CCC(C)N. The van der Waals surface area contributed by atoms with Gasteiger partial charge in [-0.1, -0.05) is 26.7 Å². The van der Waals surface area contributed by atoms with Gasteiger partial charge in [0.1, 0.15) is 6.54 Å². The Kier molecular flexibility index (Phi) is 9.21. The quantitative estimate of drug-likeness (QED) is 0.646. The van der Waals surface area contributed by atoms with Gasteiger partial charge in [0.25, 0.3) is 0 Å². The Bertz CT molecular complexity index is 276. The van der Waals surface area contributed by atoms with Gasteiger partial charge in [-0.05, 0) is 19.3 Å². The van der Waals surface area contributed by atoms with Gasteiger partial charge in [-0.2, -0.15) is 0 Å². The third kappa shape index (κ3) is 7.82. The van der Waals surface area contributed by atoms with Crippen molar-refractivity contribution in [2.24, 2.45) is 11.7 Å². The maximum Gasteiger partial charge on any atom is 0.325 e. The molecule has 0 heterocycles. The monoisotopic (exact) mass is 272 g/mol. The van der Waals surface area contributed by atoms with Crippen molar-refractivity contribution in [3.05, 3.63) is 0 Å². The first kappa shape index (κ1) is 17.9. The minimum atomic E-state index is -0.375. The van der Waals surface area contributed by atoms with E-state index in [4.69, 9.17) is 5.73 Å². The fraction of sp³-hybridized carbons (Fsp3) is 0.857. The number of methoxy groups -OCH3 is 1. The van der Waals surface area contributed by atoms with E-state index in [0.717, 1.165) is 12.8 Å². The van der Waals surface area contributed by atoms with Crippen molar-refractivity contribution in [1.82, 2.24) is 4.90 Å². The lowest BCUT2D eigenvalue weighted by atomic mass is 10.0. The average Bonchev–Trinajstić information content (AvgIpc) is 2.40. The van der Waals surface area contributed by atoms with Crippen molar-refractivity contribution in [3.8, 4) is 0 Å². The second kappa shape index (κ2) is 9.78. The van der Waals surface area contributed by atoms with Crippen LogP contribution in [0.5, 0.6) is 0 Å². The molecule has 1 amide bonds. The summed E-state index contributed by atoms with van der Waals surface area (Å²) < 4.78 is 4.65. The molecule has 2 N–H and O–H groups in total. The van der Waals surface area contributed by atoms with Gasteiger partial charge in [-0.15, -0.1) is 0 Å². The van der Waals surface area contributed by atoms with Gasteiger partial charge in [-0.25, -0.2) is 0 Å². The van der Waals surface area contributed by atoms with Gasteiger partial charge >= 0.3 is 5.97 Å². The largest absolute Gasteiger partial charge is 0.468 e. The summed E-state index contributed by atoms with van der Waals surface area (Å²) in [4.78, 5) is 25.1. The average molecular weight is 272 g/mol. The van der Waals surface area contributed by atoms with Crippen LogP contribution in [0.2, 0.25) is 0 Å². The summed E-state index contributed by atoms with van der Waals surface area (Å²) in [6.07, 6.45) is 3.01. The van der Waals surface area contributed by atoms with Gasteiger partial charge in [0.2, 0.25) is 5.91 Å². The van der Waals surface area contributed by atoms with Crippen molar-refractivity contribution in [2.75, 3.05) is 20.2 Å². The van der Waals surface area contributed by atoms with E-state index in [2.05, 4.69) is 18.6 Å². The van der Waals surface area contributed by atoms with Crippen LogP contribution in [0.25, 0.3) is 0 Å². The molecule has 1 unspecified atom stereocenters. The lowest BCUT2D eigenvalue weighted by Crippen LogP contribution is -2.39. The number of esters is 1. The van der Waals surface area contributed by atoms with Crippen LogP contribution in [0.3, 0.4) is 0 Å². The number of carbonyl (C=O) groups is 2. The third-order valence-corrected chi connectivity index (χ3v) is 3.35. The Morgan fingerprint density at radius 3 is 2.26 bits per heavy atom. The molecule has 0 aliphatic heterocycles. The molecule has 0 fully saturated rings. The maximum absolute atomic E-state index is 12.1. The van der Waals surface area contributed by atoms with Crippen LogP contribution >= 0.6 is 0 Å². The summed E-state index contributed by atoms with van der Waals surface area (Å²) in [6, 6.07) is -0.00271. The first-order valence-electron chi connectivity index (χ1n) is 7.04. The van der Waals surface area contributed by atoms with Crippen molar-refractivity contribution in [2.45, 2.75) is 52.5 Å². The van der Waals surface area contributed by atoms with Gasteiger partial charge < -0.3 is 15.4 Å². The van der Waals surface area contributed by atoms with Crippen LogP contribution < -0.4 is 5.73 Å². The van der Waals surface area contributed by atoms with E-state index in [1.54, 1.807) is 4.90 Å². The predicted octanol–water partition coefficient (Wildman–Crippen LogP) is 1.55. The molecule has 112 valence electrons. The Labute approximate surface area is 116 Å². The number of ether oxygens (including phenoxy) is 1. The first-order chi connectivity index (χ1) is 8.94. The number of carbonyl (C=O) groups excluding carboxylic acids is 2. The molecule has 0 saturated heterocycles. The molecule has 0 rings (SSSR count). The van der Waals surface area contributed by atoms with E-state index in [-0.39, 0.29) is 24.5 Å². The molecule has 0 aromatic carbocycles. The maximum atomic E-state index is 12.1. The van der Waals surface area contributed by atoms with Crippen LogP contribution in [0.4, 0.5) is 0 Å². The molecule has 0 radical (unpaired) electrons. The molecule has 0 aliphatic rings. The Morgan fingerprint density at radius 2 is 1.84 bits per heavy atom. The molecular weight excluding hydrogens is 244 g/mol. The minimum Gasteiger partial charge on any atom is -0.468 e. The van der Waals surface area contributed by atoms with Crippen LogP contribution in [0.1, 0.15) is 46.5 Å². The van der Waals surface area contributed by atoms with Crippen LogP contribution in [0, 0.1) is 5.92 Å². The normalized spacial score (nSPS) is 12.3. The smallest absolute Gasteiger partial charge is 0.325 e. The summed E-state index contributed by atoms with van der Waals surface area (Å²) in [6.45, 7) is 6.71. The highest BCUT2D eigenvalue weighted by atomic mass is 16.5. The van der Waals surface area contributed by atoms with E-state index < -0.39 is 0 Å². The Hall–Kier alpha value is -1.10. The topological polar surface area (TPSA) is 72.6 Å². The highest BCUT2D eigenvalue weighted by Gasteiger charge is 2.20. The second-order valence-electron chi connectivity index (χ2n) is 5.05. The Balaban J connectivity index is 4.55. The fourth-order valence-electron chi connectivity index (χ4n) is 1.84. The number of nitrogens with zero attached hydrogens (tertiary/aromatic N) is 1. The molecule has 0 aliphatic carbocycles. The molecule has 5 nitrogen and oxygen atoms in total. The summed E-state index contributed by atoms with van der Waals surface area (Å²) in [5.74, 6) is 0.0265. The lowest BCUT2D eigenvalue weighted by molar-refractivity contribution is -0.147. The van der Waals surface area contributed by atoms with Crippen LogP contribution in [-0.2, 0) is 14.3 Å². The number of amides is 1. The third-order valence-electron chi connectivity index (χ3n) is 3.35. The Morgan fingerprint density at radius 1 is 1.26 bits per heavy atom. The van der Waals surface area contributed by atoms with Crippen LogP contribution in [0.15, 0.2) is 0 Å². The molecule has 19 heavy (non-hydrogen) atoms.